The Morgan fingerprint density at radius 1 is 1.10 bits per heavy atom. The number of nitrogens with zero attached hydrogens (tertiary/aromatic N) is 4. The molecule has 0 unspecified atom stereocenters. The van der Waals surface area contributed by atoms with E-state index in [-0.39, 0.29) is 0 Å². The van der Waals surface area contributed by atoms with Gasteiger partial charge in [0.1, 0.15) is 17.2 Å². The summed E-state index contributed by atoms with van der Waals surface area (Å²) >= 11 is 0. The second-order valence-corrected chi connectivity index (χ2v) is 7.50. The van der Waals surface area contributed by atoms with E-state index in [0.29, 0.717) is 19.2 Å². The summed E-state index contributed by atoms with van der Waals surface area (Å²) < 4.78 is 11.1. The minimum atomic E-state index is 0.504. The van der Waals surface area contributed by atoms with E-state index in [1.54, 1.807) is 13.3 Å². The van der Waals surface area contributed by atoms with Crippen molar-refractivity contribution < 1.29 is 9.47 Å². The molecule has 3 aromatic heterocycles. The summed E-state index contributed by atoms with van der Waals surface area (Å²) in [5, 5.41) is 4.52. The molecule has 0 radical (unpaired) electrons. The highest BCUT2D eigenvalue weighted by Gasteiger charge is 2.26. The van der Waals surface area contributed by atoms with E-state index in [1.807, 2.05) is 24.4 Å². The van der Waals surface area contributed by atoms with Gasteiger partial charge in [0.05, 0.1) is 31.7 Å². The monoisotopic (exact) mass is 400 g/mol. The molecule has 0 bridgehead atoms. The van der Waals surface area contributed by atoms with Crippen molar-refractivity contribution in [2.24, 2.45) is 0 Å². The zero-order valence-electron chi connectivity index (χ0n) is 16.5. The topological polar surface area (TPSA) is 88.2 Å². The van der Waals surface area contributed by atoms with Crippen molar-refractivity contribution in [2.45, 2.75) is 26.3 Å². The summed E-state index contributed by atoms with van der Waals surface area (Å²) in [7, 11) is 1.69. The van der Waals surface area contributed by atoms with Crippen LogP contribution in [0.1, 0.15) is 22.4 Å². The zero-order chi connectivity index (χ0) is 20.1. The average molecular weight is 400 g/mol. The first-order valence-corrected chi connectivity index (χ1v) is 9.86. The number of rotatable bonds is 4. The Balaban J connectivity index is 1.37. The van der Waals surface area contributed by atoms with E-state index in [4.69, 9.17) is 19.4 Å². The number of H-pyrrole nitrogens is 1. The Kier molecular flexibility index (Phi) is 3.85. The van der Waals surface area contributed by atoms with Gasteiger partial charge in [-0.2, -0.15) is 4.98 Å². The van der Waals surface area contributed by atoms with Crippen molar-refractivity contribution in [1.82, 2.24) is 19.9 Å². The lowest BCUT2D eigenvalue weighted by Gasteiger charge is -2.18. The second kappa shape index (κ2) is 6.70. The van der Waals surface area contributed by atoms with Gasteiger partial charge in [0.15, 0.2) is 0 Å². The Morgan fingerprint density at radius 2 is 2.03 bits per heavy atom. The highest BCUT2D eigenvalue weighted by molar-refractivity contribution is 5.91. The van der Waals surface area contributed by atoms with Crippen LogP contribution in [0.25, 0.3) is 11.0 Å². The maximum absolute atomic E-state index is 5.68. The molecule has 4 aromatic rings. The third-order valence-electron chi connectivity index (χ3n) is 5.70. The van der Waals surface area contributed by atoms with Crippen LogP contribution in [0.5, 0.6) is 5.75 Å². The molecule has 8 nitrogen and oxygen atoms in total. The summed E-state index contributed by atoms with van der Waals surface area (Å²) in [5.41, 5.74) is 6.26. The molecule has 1 aromatic carbocycles. The fraction of sp³-hybridized carbons (Fsp3) is 0.227. The van der Waals surface area contributed by atoms with Gasteiger partial charge in [-0.1, -0.05) is 6.07 Å². The number of aromatic nitrogens is 4. The van der Waals surface area contributed by atoms with Gasteiger partial charge < -0.3 is 24.7 Å². The van der Waals surface area contributed by atoms with Gasteiger partial charge in [0.2, 0.25) is 5.95 Å². The van der Waals surface area contributed by atoms with Gasteiger partial charge >= 0.3 is 0 Å². The second-order valence-electron chi connectivity index (χ2n) is 7.50. The molecule has 0 atom stereocenters. The highest BCUT2D eigenvalue weighted by Crippen LogP contribution is 2.34. The fourth-order valence-electron chi connectivity index (χ4n) is 4.12. The van der Waals surface area contributed by atoms with Gasteiger partial charge in [0.25, 0.3) is 0 Å². The number of ether oxygens (including phenoxy) is 2. The van der Waals surface area contributed by atoms with Crippen LogP contribution in [0.2, 0.25) is 0 Å². The van der Waals surface area contributed by atoms with Crippen molar-refractivity contribution in [3.8, 4) is 5.75 Å². The van der Waals surface area contributed by atoms with E-state index < -0.39 is 0 Å². The van der Waals surface area contributed by atoms with Gasteiger partial charge in [-0.3, -0.25) is 0 Å². The summed E-state index contributed by atoms with van der Waals surface area (Å²) in [4.78, 5) is 19.4. The molecule has 0 aliphatic carbocycles. The third kappa shape index (κ3) is 2.76. The van der Waals surface area contributed by atoms with Gasteiger partial charge in [-0.15, -0.1) is 0 Å². The Bertz CT molecular complexity index is 1270. The SMILES string of the molecule is COc1ccc2c(c1)CN(c1nc3c(c(Nc4ccnc5[nH]ccc45)n1)COC3)C2. The molecule has 0 amide bonds. The summed E-state index contributed by atoms with van der Waals surface area (Å²) in [6.07, 6.45) is 3.67. The summed E-state index contributed by atoms with van der Waals surface area (Å²) in [6, 6.07) is 10.2. The molecule has 0 saturated carbocycles. The van der Waals surface area contributed by atoms with Crippen molar-refractivity contribution >= 4 is 28.5 Å². The first kappa shape index (κ1) is 17.2. The van der Waals surface area contributed by atoms with Gasteiger partial charge in [-0.25, -0.2) is 9.97 Å². The third-order valence-corrected chi connectivity index (χ3v) is 5.70. The van der Waals surface area contributed by atoms with Crippen LogP contribution in [-0.4, -0.2) is 27.0 Å². The minimum absolute atomic E-state index is 0.504. The predicted molar refractivity (Wildman–Crippen MR) is 113 cm³/mol. The van der Waals surface area contributed by atoms with Crippen molar-refractivity contribution in [1.29, 1.82) is 0 Å². The molecular formula is C22H20N6O2. The lowest BCUT2D eigenvalue weighted by molar-refractivity contribution is 0.133. The molecule has 0 saturated heterocycles. The molecule has 150 valence electrons. The average Bonchev–Trinajstić information content (AvgIpc) is 3.51. The quantitative estimate of drug-likeness (QED) is 0.540. The van der Waals surface area contributed by atoms with Crippen molar-refractivity contribution in [3.63, 3.8) is 0 Å². The lowest BCUT2D eigenvalue weighted by atomic mass is 10.1. The molecule has 6 rings (SSSR count). The largest absolute Gasteiger partial charge is 0.497 e. The number of hydrogen-bond acceptors (Lipinski definition) is 7. The smallest absolute Gasteiger partial charge is 0.228 e. The van der Waals surface area contributed by atoms with Gasteiger partial charge in [-0.05, 0) is 35.4 Å². The van der Waals surface area contributed by atoms with E-state index in [0.717, 1.165) is 52.6 Å². The van der Waals surface area contributed by atoms with Crippen LogP contribution in [0.4, 0.5) is 17.5 Å². The number of methoxy groups -OCH3 is 1. The Labute approximate surface area is 172 Å². The standard InChI is InChI=1S/C22H20N6O2/c1-29-15-3-2-13-9-28(10-14(13)8-15)22-26-19-12-30-11-17(19)21(27-22)25-18-5-7-24-20-16(18)4-6-23-20/h2-8H,9-12H2,1H3,(H2,23,24,25,26,27). The van der Waals surface area contributed by atoms with Crippen LogP contribution in [0, 0.1) is 0 Å². The first-order chi connectivity index (χ1) is 14.8. The lowest BCUT2D eigenvalue weighted by Crippen LogP contribution is -2.19. The molecule has 30 heavy (non-hydrogen) atoms. The number of hydrogen-bond donors (Lipinski definition) is 2. The summed E-state index contributed by atoms with van der Waals surface area (Å²) in [5.74, 6) is 2.36. The normalized spacial score (nSPS) is 14.8. The highest BCUT2D eigenvalue weighted by atomic mass is 16.5. The van der Waals surface area contributed by atoms with Crippen LogP contribution in [0.15, 0.2) is 42.7 Å². The zero-order valence-corrected chi connectivity index (χ0v) is 16.5. The van der Waals surface area contributed by atoms with Gasteiger partial charge in [0, 0.05) is 36.4 Å². The molecule has 2 aliphatic heterocycles. The number of aromatic amines is 1. The molecule has 2 aliphatic rings. The molecule has 5 heterocycles. The van der Waals surface area contributed by atoms with E-state index in [2.05, 4.69) is 32.3 Å². The predicted octanol–water partition coefficient (Wildman–Crippen LogP) is 3.66. The maximum atomic E-state index is 5.68. The Morgan fingerprint density at radius 3 is 2.97 bits per heavy atom. The molecule has 0 fully saturated rings. The van der Waals surface area contributed by atoms with Crippen LogP contribution in [0.3, 0.4) is 0 Å². The number of anilines is 3. The van der Waals surface area contributed by atoms with Crippen molar-refractivity contribution in [2.75, 3.05) is 17.3 Å². The Hall–Kier alpha value is -3.65. The van der Waals surface area contributed by atoms with E-state index >= 15 is 0 Å². The number of nitrogens with one attached hydrogen (secondary N) is 2. The molecular weight excluding hydrogens is 380 g/mol. The van der Waals surface area contributed by atoms with Crippen LogP contribution in [-0.2, 0) is 31.0 Å². The number of benzene rings is 1. The molecule has 2 N–H and O–H groups in total. The molecule has 8 heteroatoms. The van der Waals surface area contributed by atoms with Crippen LogP contribution < -0.4 is 15.0 Å². The fourth-order valence-corrected chi connectivity index (χ4v) is 4.12. The molecule has 0 spiro atoms. The first-order valence-electron chi connectivity index (χ1n) is 9.86. The number of pyridine rings is 1. The minimum Gasteiger partial charge on any atom is -0.497 e. The number of fused-ring (bicyclic) bond motifs is 3. The van der Waals surface area contributed by atoms with Crippen molar-refractivity contribution in [3.05, 3.63) is 65.1 Å². The van der Waals surface area contributed by atoms with Crippen LogP contribution >= 0.6 is 0 Å². The maximum Gasteiger partial charge on any atom is 0.228 e. The van der Waals surface area contributed by atoms with E-state index in [9.17, 15) is 0 Å². The summed E-state index contributed by atoms with van der Waals surface area (Å²) in [6.45, 7) is 2.54. The van der Waals surface area contributed by atoms with E-state index in [1.165, 1.54) is 11.1 Å².